The Bertz CT molecular complexity index is 1060. The second-order valence-corrected chi connectivity index (χ2v) is 10.8. The first kappa shape index (κ1) is 22.9. The summed E-state index contributed by atoms with van der Waals surface area (Å²) in [5.74, 6) is 0.0608. The van der Waals surface area contributed by atoms with E-state index >= 15 is 0 Å². The Morgan fingerprint density at radius 1 is 0.938 bits per heavy atom. The maximum atomic E-state index is 13.2. The van der Waals surface area contributed by atoms with Gasteiger partial charge in [-0.15, -0.1) is 0 Å². The first-order valence-electron chi connectivity index (χ1n) is 11.4. The van der Waals surface area contributed by atoms with Crippen molar-refractivity contribution in [2.75, 3.05) is 46.3 Å². The van der Waals surface area contributed by atoms with E-state index in [2.05, 4.69) is 17.0 Å². The zero-order valence-electron chi connectivity index (χ0n) is 19.2. The summed E-state index contributed by atoms with van der Waals surface area (Å²) in [4.78, 5) is 17.2. The Labute approximate surface area is 190 Å². The molecule has 1 aromatic carbocycles. The van der Waals surface area contributed by atoms with Crippen LogP contribution in [0.3, 0.4) is 0 Å². The number of rotatable bonds is 5. The molecule has 0 radical (unpaired) electrons. The Morgan fingerprint density at radius 2 is 1.56 bits per heavy atom. The summed E-state index contributed by atoms with van der Waals surface area (Å²) in [5.41, 5.74) is 2.85. The second-order valence-electron chi connectivity index (χ2n) is 8.91. The van der Waals surface area contributed by atoms with E-state index in [0.717, 1.165) is 51.0 Å². The van der Waals surface area contributed by atoms with Crippen LogP contribution in [0.1, 0.15) is 46.6 Å². The second kappa shape index (κ2) is 9.33. The number of carbonyl (C=O) groups is 1. The molecule has 1 amide bonds. The molecule has 0 aliphatic carbocycles. The number of piperazine rings is 1. The van der Waals surface area contributed by atoms with Crippen LogP contribution in [0, 0.1) is 13.8 Å². The van der Waals surface area contributed by atoms with Gasteiger partial charge in [-0.05, 0) is 51.4 Å². The van der Waals surface area contributed by atoms with Crippen molar-refractivity contribution in [3.05, 3.63) is 46.8 Å². The highest BCUT2D eigenvalue weighted by molar-refractivity contribution is 7.89. The van der Waals surface area contributed by atoms with Gasteiger partial charge in [-0.2, -0.15) is 9.40 Å². The van der Waals surface area contributed by atoms with Crippen molar-refractivity contribution in [2.24, 2.45) is 0 Å². The monoisotopic (exact) mass is 459 g/mol. The molecule has 1 aromatic heterocycles. The van der Waals surface area contributed by atoms with Crippen molar-refractivity contribution >= 4 is 15.9 Å². The van der Waals surface area contributed by atoms with Crippen LogP contribution in [-0.4, -0.2) is 84.5 Å². The van der Waals surface area contributed by atoms with E-state index in [1.54, 1.807) is 15.9 Å². The fraction of sp³-hybridized carbons (Fsp3) is 0.565. The molecule has 0 spiro atoms. The molecule has 0 N–H and O–H groups in total. The molecule has 9 heteroatoms. The first-order chi connectivity index (χ1) is 15.3. The Hall–Kier alpha value is -2.23. The molecule has 0 atom stereocenters. The number of likely N-dealkylation sites (N-methyl/N-ethyl adjacent to an activating group) is 1. The van der Waals surface area contributed by atoms with Gasteiger partial charge in [0.2, 0.25) is 10.0 Å². The minimum Gasteiger partial charge on any atom is -0.336 e. The van der Waals surface area contributed by atoms with E-state index < -0.39 is 10.0 Å². The Kier molecular flexibility index (Phi) is 6.69. The number of nitrogens with zero attached hydrogens (tertiary/aromatic N) is 5. The number of benzene rings is 1. The SMILES string of the molecule is Cc1nn(Cc2ccc(C(=O)N3CCN(C)CC3)cc2)c(C)c1S(=O)(=O)N1CCCCC1. The minimum absolute atomic E-state index is 0.0608. The third kappa shape index (κ3) is 4.60. The van der Waals surface area contributed by atoms with Gasteiger partial charge in [-0.3, -0.25) is 9.48 Å². The molecule has 2 aliphatic heterocycles. The average Bonchev–Trinajstić information content (AvgIpc) is 3.08. The van der Waals surface area contributed by atoms with Crippen molar-refractivity contribution in [1.82, 2.24) is 23.9 Å². The summed E-state index contributed by atoms with van der Waals surface area (Å²) in [6.45, 7) is 8.48. The topological polar surface area (TPSA) is 78.8 Å². The standard InChI is InChI=1S/C23H33N5O3S/c1-18-22(32(30,31)27-11-5-4-6-12-27)19(2)28(24-18)17-20-7-9-21(10-8-20)23(29)26-15-13-25(3)14-16-26/h7-10H,4-6,11-17H2,1-3H3. The molecule has 8 nitrogen and oxygen atoms in total. The predicted molar refractivity (Wildman–Crippen MR) is 123 cm³/mol. The lowest BCUT2D eigenvalue weighted by Crippen LogP contribution is -2.47. The zero-order chi connectivity index (χ0) is 22.9. The van der Waals surface area contributed by atoms with Crippen LogP contribution in [0.4, 0.5) is 0 Å². The number of hydrogen-bond donors (Lipinski definition) is 0. The third-order valence-corrected chi connectivity index (χ3v) is 8.70. The number of hydrogen-bond acceptors (Lipinski definition) is 5. The molecule has 4 rings (SSSR count). The van der Waals surface area contributed by atoms with E-state index in [1.807, 2.05) is 36.1 Å². The summed E-state index contributed by atoms with van der Waals surface area (Å²) < 4.78 is 29.8. The number of piperidine rings is 1. The molecule has 2 aliphatic rings. The maximum absolute atomic E-state index is 13.2. The van der Waals surface area contributed by atoms with E-state index in [9.17, 15) is 13.2 Å². The van der Waals surface area contributed by atoms with E-state index in [4.69, 9.17) is 0 Å². The van der Waals surface area contributed by atoms with Crippen LogP contribution in [0.2, 0.25) is 0 Å². The quantitative estimate of drug-likeness (QED) is 0.684. The molecule has 2 fully saturated rings. The fourth-order valence-corrected chi connectivity index (χ4v) is 6.45. The molecule has 2 aromatic rings. The third-order valence-electron chi connectivity index (χ3n) is 6.55. The highest BCUT2D eigenvalue weighted by Crippen LogP contribution is 2.26. The zero-order valence-corrected chi connectivity index (χ0v) is 20.1. The Morgan fingerprint density at radius 3 is 2.19 bits per heavy atom. The maximum Gasteiger partial charge on any atom is 0.253 e. The lowest BCUT2D eigenvalue weighted by Gasteiger charge is -2.32. The molecule has 3 heterocycles. The van der Waals surface area contributed by atoms with Gasteiger partial charge in [0.05, 0.1) is 17.9 Å². The summed E-state index contributed by atoms with van der Waals surface area (Å²) in [7, 11) is -1.46. The summed E-state index contributed by atoms with van der Waals surface area (Å²) in [5, 5.41) is 4.54. The number of sulfonamides is 1. The summed E-state index contributed by atoms with van der Waals surface area (Å²) in [6.07, 6.45) is 2.89. The highest BCUT2D eigenvalue weighted by Gasteiger charge is 2.31. The van der Waals surface area contributed by atoms with Gasteiger partial charge in [0.25, 0.3) is 5.91 Å². The minimum atomic E-state index is -3.53. The van der Waals surface area contributed by atoms with E-state index in [-0.39, 0.29) is 5.91 Å². The van der Waals surface area contributed by atoms with Crippen LogP contribution in [0.25, 0.3) is 0 Å². The molecule has 0 unspecified atom stereocenters. The smallest absolute Gasteiger partial charge is 0.253 e. The number of aryl methyl sites for hydroxylation is 1. The normalized spacial score (nSPS) is 18.8. The summed E-state index contributed by atoms with van der Waals surface area (Å²) >= 11 is 0. The summed E-state index contributed by atoms with van der Waals surface area (Å²) in [6, 6.07) is 7.57. The van der Waals surface area contributed by atoms with Crippen LogP contribution in [0.15, 0.2) is 29.2 Å². The molecular formula is C23H33N5O3S. The lowest BCUT2D eigenvalue weighted by atomic mass is 10.1. The van der Waals surface area contributed by atoms with Crippen LogP contribution in [0.5, 0.6) is 0 Å². The van der Waals surface area contributed by atoms with Gasteiger partial charge < -0.3 is 9.80 Å². The highest BCUT2D eigenvalue weighted by atomic mass is 32.2. The van der Waals surface area contributed by atoms with Crippen LogP contribution < -0.4 is 0 Å². The average molecular weight is 460 g/mol. The molecule has 0 bridgehead atoms. The molecule has 2 saturated heterocycles. The lowest BCUT2D eigenvalue weighted by molar-refractivity contribution is 0.0664. The van der Waals surface area contributed by atoms with Gasteiger partial charge >= 0.3 is 0 Å². The van der Waals surface area contributed by atoms with Crippen molar-refractivity contribution in [1.29, 1.82) is 0 Å². The van der Waals surface area contributed by atoms with Crippen LogP contribution in [-0.2, 0) is 16.6 Å². The van der Waals surface area contributed by atoms with Crippen molar-refractivity contribution in [3.63, 3.8) is 0 Å². The number of amides is 1. The van der Waals surface area contributed by atoms with Crippen molar-refractivity contribution < 1.29 is 13.2 Å². The van der Waals surface area contributed by atoms with Gasteiger partial charge in [-0.25, -0.2) is 8.42 Å². The Balaban J connectivity index is 1.49. The first-order valence-corrected chi connectivity index (χ1v) is 12.8. The van der Waals surface area contributed by atoms with Gasteiger partial charge in [0, 0.05) is 44.8 Å². The van der Waals surface area contributed by atoms with Crippen molar-refractivity contribution in [3.8, 4) is 0 Å². The molecule has 174 valence electrons. The van der Waals surface area contributed by atoms with Gasteiger partial charge in [0.15, 0.2) is 0 Å². The van der Waals surface area contributed by atoms with E-state index in [0.29, 0.717) is 41.5 Å². The van der Waals surface area contributed by atoms with Crippen LogP contribution >= 0.6 is 0 Å². The molecule has 0 saturated carbocycles. The predicted octanol–water partition coefficient (Wildman–Crippen LogP) is 2.11. The number of carbonyl (C=O) groups excluding carboxylic acids is 1. The largest absolute Gasteiger partial charge is 0.336 e. The molecular weight excluding hydrogens is 426 g/mol. The number of aromatic nitrogens is 2. The van der Waals surface area contributed by atoms with Gasteiger partial charge in [-0.1, -0.05) is 18.6 Å². The molecule has 32 heavy (non-hydrogen) atoms. The van der Waals surface area contributed by atoms with Gasteiger partial charge in [0.1, 0.15) is 4.90 Å². The fourth-order valence-electron chi connectivity index (χ4n) is 4.56. The van der Waals surface area contributed by atoms with E-state index in [1.165, 1.54) is 0 Å². The van der Waals surface area contributed by atoms with Crippen molar-refractivity contribution in [2.45, 2.75) is 44.6 Å².